The SMILES string of the molecule is Cc1c(C(=O)N2CC(C(=O)O)C3(CCOCC3)C2)[nH]c2ccc(Cl)cc12. The number of carboxylic acids is 1. The molecule has 138 valence electrons. The first-order valence-corrected chi connectivity index (χ1v) is 9.17. The largest absolute Gasteiger partial charge is 0.481 e. The van der Waals surface area contributed by atoms with E-state index in [1.807, 2.05) is 19.1 Å². The van der Waals surface area contributed by atoms with Crippen LogP contribution in [0.4, 0.5) is 0 Å². The summed E-state index contributed by atoms with van der Waals surface area (Å²) >= 11 is 6.07. The van der Waals surface area contributed by atoms with Crippen LogP contribution in [0.25, 0.3) is 10.9 Å². The molecule has 1 amide bonds. The maximum atomic E-state index is 13.2. The standard InChI is InChI=1S/C19H21ClN2O4/c1-11-13-8-12(20)2-3-15(13)21-16(11)17(23)22-9-14(18(24)25)19(10-22)4-6-26-7-5-19/h2-3,8,14,21H,4-7,9-10H2,1H3,(H,24,25). The van der Waals surface area contributed by atoms with Gasteiger partial charge in [-0.05, 0) is 43.5 Å². The molecule has 1 aromatic carbocycles. The number of halogens is 1. The topological polar surface area (TPSA) is 82.6 Å². The van der Waals surface area contributed by atoms with Gasteiger partial charge in [-0.25, -0.2) is 0 Å². The molecule has 0 radical (unpaired) electrons. The summed E-state index contributed by atoms with van der Waals surface area (Å²) in [6.07, 6.45) is 1.35. The molecule has 26 heavy (non-hydrogen) atoms. The van der Waals surface area contributed by atoms with Crippen molar-refractivity contribution in [1.82, 2.24) is 9.88 Å². The molecule has 4 rings (SSSR count). The molecule has 1 atom stereocenters. The maximum Gasteiger partial charge on any atom is 0.308 e. The lowest BCUT2D eigenvalue weighted by atomic mass is 9.72. The first kappa shape index (κ1) is 17.4. The monoisotopic (exact) mass is 376 g/mol. The lowest BCUT2D eigenvalue weighted by Crippen LogP contribution is -2.40. The molecule has 2 aromatic rings. The van der Waals surface area contributed by atoms with Crippen molar-refractivity contribution in [2.24, 2.45) is 11.3 Å². The van der Waals surface area contributed by atoms with Gasteiger partial charge in [-0.1, -0.05) is 11.6 Å². The van der Waals surface area contributed by atoms with E-state index in [0.29, 0.717) is 43.3 Å². The minimum atomic E-state index is -0.831. The Morgan fingerprint density at radius 1 is 1.35 bits per heavy atom. The number of benzene rings is 1. The minimum Gasteiger partial charge on any atom is -0.481 e. The molecule has 0 bridgehead atoms. The number of ether oxygens (including phenoxy) is 1. The molecule has 2 aliphatic heterocycles. The highest BCUT2D eigenvalue weighted by Crippen LogP contribution is 2.45. The maximum absolute atomic E-state index is 13.2. The van der Waals surface area contributed by atoms with Crippen LogP contribution in [-0.4, -0.2) is 53.2 Å². The second-order valence-corrected chi connectivity index (χ2v) is 7.80. The quantitative estimate of drug-likeness (QED) is 0.843. The normalized spacial score (nSPS) is 22.2. The van der Waals surface area contributed by atoms with Crippen LogP contribution in [0.3, 0.4) is 0 Å². The number of rotatable bonds is 2. The Hall–Kier alpha value is -2.05. The van der Waals surface area contributed by atoms with Crippen molar-refractivity contribution in [3.63, 3.8) is 0 Å². The number of aromatic nitrogens is 1. The summed E-state index contributed by atoms with van der Waals surface area (Å²) in [6, 6.07) is 5.47. The van der Waals surface area contributed by atoms with Crippen LogP contribution in [-0.2, 0) is 9.53 Å². The molecule has 7 heteroatoms. The molecular weight excluding hydrogens is 356 g/mol. The number of hydrogen-bond donors (Lipinski definition) is 2. The highest BCUT2D eigenvalue weighted by atomic mass is 35.5. The Morgan fingerprint density at radius 2 is 2.08 bits per heavy atom. The summed E-state index contributed by atoms with van der Waals surface area (Å²) in [7, 11) is 0. The Morgan fingerprint density at radius 3 is 2.77 bits per heavy atom. The molecule has 2 aliphatic rings. The predicted octanol–water partition coefficient (Wildman–Crippen LogP) is 3.08. The molecule has 0 saturated carbocycles. The molecule has 2 fully saturated rings. The van der Waals surface area contributed by atoms with Gasteiger partial charge >= 0.3 is 5.97 Å². The van der Waals surface area contributed by atoms with Gasteiger partial charge in [-0.3, -0.25) is 9.59 Å². The Kier molecular flexibility index (Phi) is 4.20. The molecule has 6 nitrogen and oxygen atoms in total. The van der Waals surface area contributed by atoms with Crippen molar-refractivity contribution in [2.45, 2.75) is 19.8 Å². The number of H-pyrrole nitrogens is 1. The van der Waals surface area contributed by atoms with E-state index < -0.39 is 11.9 Å². The van der Waals surface area contributed by atoms with Crippen molar-refractivity contribution in [2.75, 3.05) is 26.3 Å². The molecule has 3 heterocycles. The third-order valence-corrected chi connectivity index (χ3v) is 6.19. The fourth-order valence-electron chi connectivity index (χ4n) is 4.42. The summed E-state index contributed by atoms with van der Waals surface area (Å²) < 4.78 is 5.42. The number of nitrogens with one attached hydrogen (secondary N) is 1. The van der Waals surface area contributed by atoms with Gasteiger partial charge in [0.1, 0.15) is 5.69 Å². The van der Waals surface area contributed by atoms with Gasteiger partial charge in [-0.2, -0.15) is 0 Å². The smallest absolute Gasteiger partial charge is 0.308 e. The number of likely N-dealkylation sites (tertiary alicyclic amines) is 1. The molecule has 1 unspecified atom stereocenters. The fourth-order valence-corrected chi connectivity index (χ4v) is 4.59. The van der Waals surface area contributed by atoms with Gasteiger partial charge in [0.25, 0.3) is 5.91 Å². The van der Waals surface area contributed by atoms with Crippen LogP contribution < -0.4 is 0 Å². The predicted molar refractivity (Wildman–Crippen MR) is 97.6 cm³/mol. The van der Waals surface area contributed by atoms with E-state index in [1.165, 1.54) is 0 Å². The second kappa shape index (κ2) is 6.28. The number of aryl methyl sites for hydroxylation is 1. The molecule has 2 N–H and O–H groups in total. The first-order valence-electron chi connectivity index (χ1n) is 8.79. The van der Waals surface area contributed by atoms with Gasteiger partial charge in [-0.15, -0.1) is 0 Å². The van der Waals surface area contributed by atoms with Gasteiger partial charge in [0.15, 0.2) is 0 Å². The number of aliphatic carboxylic acids is 1. The molecule has 1 spiro atoms. The Balaban J connectivity index is 1.66. The average Bonchev–Trinajstić information content (AvgIpc) is 3.14. The zero-order valence-electron chi connectivity index (χ0n) is 14.5. The van der Waals surface area contributed by atoms with Crippen molar-refractivity contribution in [3.05, 3.63) is 34.5 Å². The van der Waals surface area contributed by atoms with Crippen molar-refractivity contribution in [1.29, 1.82) is 0 Å². The zero-order valence-corrected chi connectivity index (χ0v) is 15.3. The van der Waals surface area contributed by atoms with Crippen molar-refractivity contribution < 1.29 is 19.4 Å². The highest BCUT2D eigenvalue weighted by molar-refractivity contribution is 6.31. The zero-order chi connectivity index (χ0) is 18.5. The van der Waals surface area contributed by atoms with E-state index in [-0.39, 0.29) is 17.9 Å². The number of carbonyl (C=O) groups excluding carboxylic acids is 1. The van der Waals surface area contributed by atoms with E-state index in [0.717, 1.165) is 16.5 Å². The molecular formula is C19H21ClN2O4. The summed E-state index contributed by atoms with van der Waals surface area (Å²) in [5, 5.41) is 11.2. The van der Waals surface area contributed by atoms with E-state index in [9.17, 15) is 14.7 Å². The third-order valence-electron chi connectivity index (χ3n) is 5.96. The van der Waals surface area contributed by atoms with E-state index in [4.69, 9.17) is 16.3 Å². The number of hydrogen-bond acceptors (Lipinski definition) is 3. The average molecular weight is 377 g/mol. The number of nitrogens with zero attached hydrogens (tertiary/aromatic N) is 1. The summed E-state index contributed by atoms with van der Waals surface area (Å²) in [6.45, 7) is 3.69. The Labute approximate surface area is 156 Å². The number of aromatic amines is 1. The van der Waals surface area contributed by atoms with Crippen LogP contribution in [0.5, 0.6) is 0 Å². The molecule has 1 aromatic heterocycles. The first-order chi connectivity index (χ1) is 12.4. The van der Waals surface area contributed by atoms with E-state index in [2.05, 4.69) is 4.98 Å². The Bertz CT molecular complexity index is 885. The van der Waals surface area contributed by atoms with E-state index in [1.54, 1.807) is 11.0 Å². The minimum absolute atomic E-state index is 0.149. The number of fused-ring (bicyclic) bond motifs is 1. The molecule has 0 aliphatic carbocycles. The summed E-state index contributed by atoms with van der Waals surface area (Å²) in [4.78, 5) is 29.8. The number of carbonyl (C=O) groups is 2. The summed E-state index contributed by atoms with van der Waals surface area (Å²) in [5.74, 6) is -1.53. The van der Waals surface area contributed by atoms with Gasteiger partial charge in [0, 0.05) is 47.6 Å². The van der Waals surface area contributed by atoms with Gasteiger partial charge in [0.2, 0.25) is 0 Å². The van der Waals surface area contributed by atoms with Crippen molar-refractivity contribution in [3.8, 4) is 0 Å². The lowest BCUT2D eigenvalue weighted by molar-refractivity contribution is -0.146. The van der Waals surface area contributed by atoms with Crippen LogP contribution in [0.2, 0.25) is 5.02 Å². The number of amides is 1. The van der Waals surface area contributed by atoms with E-state index >= 15 is 0 Å². The number of carboxylic acid groups (broad SMARTS) is 1. The fraction of sp³-hybridized carbons (Fsp3) is 0.474. The lowest BCUT2D eigenvalue weighted by Gasteiger charge is -2.36. The summed E-state index contributed by atoms with van der Waals surface area (Å²) in [5.41, 5.74) is 1.82. The van der Waals surface area contributed by atoms with Gasteiger partial charge in [0.05, 0.1) is 5.92 Å². The highest BCUT2D eigenvalue weighted by Gasteiger charge is 2.52. The van der Waals surface area contributed by atoms with Crippen molar-refractivity contribution >= 4 is 34.4 Å². The third kappa shape index (κ3) is 2.68. The van der Waals surface area contributed by atoms with Gasteiger partial charge < -0.3 is 19.7 Å². The second-order valence-electron chi connectivity index (χ2n) is 7.37. The van der Waals surface area contributed by atoms with Crippen LogP contribution in [0, 0.1) is 18.3 Å². The molecule has 2 saturated heterocycles. The van der Waals surface area contributed by atoms with Crippen LogP contribution in [0.15, 0.2) is 18.2 Å². The van der Waals surface area contributed by atoms with Crippen LogP contribution >= 0.6 is 11.6 Å². The van der Waals surface area contributed by atoms with Crippen LogP contribution in [0.1, 0.15) is 28.9 Å².